The van der Waals surface area contributed by atoms with Gasteiger partial charge in [-0.05, 0) is 179 Å². The van der Waals surface area contributed by atoms with Crippen LogP contribution in [-0.4, -0.2) is 21.9 Å². The Morgan fingerprint density at radius 2 is 1.54 bits per heavy atom. The predicted molar refractivity (Wildman–Crippen MR) is 274 cm³/mol. The minimum atomic E-state index is 0.152. The first-order valence-corrected chi connectivity index (χ1v) is 26.2. The third-order valence-corrected chi connectivity index (χ3v) is 18.1. The van der Waals surface area contributed by atoms with Gasteiger partial charge in [-0.3, -0.25) is 0 Å². The minimum Gasteiger partial charge on any atom is -0.365 e. The lowest BCUT2D eigenvalue weighted by molar-refractivity contribution is 0.164. The Labute approximate surface area is 392 Å². The van der Waals surface area contributed by atoms with Crippen LogP contribution in [0.25, 0.3) is 5.57 Å². The van der Waals surface area contributed by atoms with E-state index in [-0.39, 0.29) is 5.41 Å². The van der Waals surface area contributed by atoms with E-state index in [0.717, 1.165) is 56.3 Å². The molecule has 1 heterocycles. The van der Waals surface area contributed by atoms with Crippen LogP contribution in [0.5, 0.6) is 0 Å². The summed E-state index contributed by atoms with van der Waals surface area (Å²) in [6.45, 7) is 7.47. The summed E-state index contributed by atoms with van der Waals surface area (Å²) in [5.41, 5.74) is 14.0. The van der Waals surface area contributed by atoms with Crippen molar-refractivity contribution in [3.05, 3.63) is 197 Å². The van der Waals surface area contributed by atoms with E-state index in [9.17, 15) is 0 Å². The molecule has 0 bridgehead atoms. The highest BCUT2D eigenvalue weighted by atomic mass is 15.2. The molecule has 10 aliphatic rings. The monoisotopic (exact) mass is 859 g/mol. The van der Waals surface area contributed by atoms with Crippen molar-refractivity contribution in [2.24, 2.45) is 52.8 Å². The van der Waals surface area contributed by atoms with Crippen molar-refractivity contribution in [2.45, 2.75) is 129 Å². The molecule has 0 amide bonds. The van der Waals surface area contributed by atoms with Crippen LogP contribution in [0.4, 0.5) is 0 Å². The molecular weight excluding hydrogens is 785 g/mol. The highest BCUT2D eigenvalue weighted by molar-refractivity contribution is 5.68. The molecule has 2 nitrogen and oxygen atoms in total. The fraction of sp³-hybridized carbons (Fsp3) is 0.460. The van der Waals surface area contributed by atoms with E-state index in [0.29, 0.717) is 41.7 Å². The predicted octanol–water partition coefficient (Wildman–Crippen LogP) is 16.0. The van der Waals surface area contributed by atoms with Crippen molar-refractivity contribution in [1.29, 1.82) is 0 Å². The topological polar surface area (TPSA) is 6.48 Å². The number of allylic oxidation sites excluding steroid dienone is 27. The molecule has 2 heteroatoms. The molecule has 1 saturated heterocycles. The smallest absolute Gasteiger partial charge is 0.0505 e. The van der Waals surface area contributed by atoms with Crippen molar-refractivity contribution in [3.63, 3.8) is 0 Å². The summed E-state index contributed by atoms with van der Waals surface area (Å²) in [4.78, 5) is 5.65. The van der Waals surface area contributed by atoms with Crippen molar-refractivity contribution >= 4 is 5.57 Å². The number of hydrogen-bond donors (Lipinski definition) is 0. The Bertz CT molecular complexity index is 2400. The molecular formula is C63H74N2. The number of rotatable bonds is 10. The summed E-state index contributed by atoms with van der Waals surface area (Å²) >= 11 is 0. The Morgan fingerprint density at radius 1 is 0.738 bits per heavy atom. The van der Waals surface area contributed by atoms with Crippen LogP contribution in [-0.2, 0) is 0 Å². The van der Waals surface area contributed by atoms with Gasteiger partial charge in [0.15, 0.2) is 0 Å². The van der Waals surface area contributed by atoms with Gasteiger partial charge in [-0.2, -0.15) is 0 Å². The van der Waals surface area contributed by atoms with E-state index >= 15 is 0 Å². The summed E-state index contributed by atoms with van der Waals surface area (Å²) in [6, 6.07) is 12.3. The second-order valence-corrected chi connectivity index (χ2v) is 21.8. The zero-order valence-electron chi connectivity index (χ0n) is 39.7. The first-order valence-electron chi connectivity index (χ1n) is 26.2. The molecule has 336 valence electrons. The van der Waals surface area contributed by atoms with Gasteiger partial charge in [0.2, 0.25) is 0 Å². The number of benzene rings is 1. The van der Waals surface area contributed by atoms with Gasteiger partial charge in [0.25, 0.3) is 0 Å². The Balaban J connectivity index is 0.899. The van der Waals surface area contributed by atoms with Crippen LogP contribution in [0.1, 0.15) is 123 Å². The molecule has 1 saturated carbocycles. The zero-order valence-corrected chi connectivity index (χ0v) is 39.7. The Morgan fingerprint density at radius 3 is 2.26 bits per heavy atom. The van der Waals surface area contributed by atoms with E-state index in [1.165, 1.54) is 86.0 Å². The van der Waals surface area contributed by atoms with Gasteiger partial charge >= 0.3 is 0 Å². The average molecular weight is 859 g/mol. The summed E-state index contributed by atoms with van der Waals surface area (Å²) in [7, 11) is 0. The molecule has 10 atom stereocenters. The Kier molecular flexibility index (Phi) is 12.2. The van der Waals surface area contributed by atoms with Crippen LogP contribution in [0.2, 0.25) is 0 Å². The highest BCUT2D eigenvalue weighted by Gasteiger charge is 2.53. The molecule has 0 radical (unpaired) electrons. The molecule has 0 N–H and O–H groups in total. The first kappa shape index (κ1) is 42.8. The molecule has 9 aliphatic carbocycles. The molecule has 0 aromatic heterocycles. The molecule has 1 aromatic rings. The second kappa shape index (κ2) is 18.5. The first-order chi connectivity index (χ1) is 32.0. The van der Waals surface area contributed by atoms with Crippen LogP contribution in [0.15, 0.2) is 191 Å². The maximum absolute atomic E-state index is 2.93. The average Bonchev–Trinajstić information content (AvgIpc) is 3.87. The van der Waals surface area contributed by atoms with Crippen LogP contribution in [0, 0.1) is 52.8 Å². The lowest BCUT2D eigenvalue weighted by Gasteiger charge is -2.45. The van der Waals surface area contributed by atoms with Gasteiger partial charge in [-0.15, -0.1) is 0 Å². The SMILES string of the molecule is C/C(=C\CC1CC(C2C=CC=CC2)(C2C=CC=CC2)C2=C1CCC=C2)N(C1=CC=C(c2ccccc2)CC1)C1=CC=C(C2C=CC3C(C2)C2CCC(C)CC2N3C2=CC=CCC2)C(C)C1. The quantitative estimate of drug-likeness (QED) is 0.216. The maximum atomic E-state index is 2.93. The molecule has 10 unspecified atom stereocenters. The second-order valence-electron chi connectivity index (χ2n) is 21.8. The van der Waals surface area contributed by atoms with Crippen LogP contribution in [0.3, 0.4) is 0 Å². The number of likely N-dealkylation sites (tertiary alicyclic amines) is 1. The molecule has 1 aromatic carbocycles. The van der Waals surface area contributed by atoms with Crippen molar-refractivity contribution in [2.75, 3.05) is 0 Å². The molecule has 65 heavy (non-hydrogen) atoms. The van der Waals surface area contributed by atoms with Crippen molar-refractivity contribution in [3.8, 4) is 0 Å². The van der Waals surface area contributed by atoms with E-state index in [2.05, 4.69) is 182 Å². The van der Waals surface area contributed by atoms with E-state index in [1.807, 2.05) is 0 Å². The van der Waals surface area contributed by atoms with E-state index in [1.54, 1.807) is 22.4 Å². The summed E-state index contributed by atoms with van der Waals surface area (Å²) in [6.07, 6.45) is 67.5. The van der Waals surface area contributed by atoms with Crippen molar-refractivity contribution in [1.82, 2.24) is 9.80 Å². The number of nitrogens with zero attached hydrogens (tertiary/aromatic N) is 2. The van der Waals surface area contributed by atoms with Crippen LogP contribution >= 0.6 is 0 Å². The molecule has 0 spiro atoms. The highest BCUT2D eigenvalue weighted by Crippen LogP contribution is 2.62. The van der Waals surface area contributed by atoms with Gasteiger partial charge in [0, 0.05) is 34.2 Å². The minimum absolute atomic E-state index is 0.152. The van der Waals surface area contributed by atoms with Gasteiger partial charge < -0.3 is 9.80 Å². The van der Waals surface area contributed by atoms with Gasteiger partial charge in [-0.25, -0.2) is 0 Å². The number of fused-ring (bicyclic) bond motifs is 3. The fourth-order valence-electron chi connectivity index (χ4n) is 15.1. The van der Waals surface area contributed by atoms with Gasteiger partial charge in [0.1, 0.15) is 0 Å². The Hall–Kier alpha value is -4.82. The van der Waals surface area contributed by atoms with Gasteiger partial charge in [-0.1, -0.05) is 165 Å². The summed E-state index contributed by atoms with van der Waals surface area (Å²) in [5, 5.41) is 0. The fourth-order valence-corrected chi connectivity index (χ4v) is 15.1. The third kappa shape index (κ3) is 8.04. The van der Waals surface area contributed by atoms with E-state index in [4.69, 9.17) is 0 Å². The normalized spacial score (nSPS) is 36.1. The van der Waals surface area contributed by atoms with Crippen LogP contribution < -0.4 is 0 Å². The molecule has 1 aliphatic heterocycles. The summed E-state index contributed by atoms with van der Waals surface area (Å²) in [5.74, 6) is 5.12. The molecule has 11 rings (SSSR count). The third-order valence-electron chi connectivity index (χ3n) is 18.1. The standard InChI is InChI=1S/C63H74N2/c1-44-28-37-58-59-42-49(33-39-61(59)65(62(58)40-44)53-24-14-7-15-25-53)56-38-36-55(41-45(56)2)64(54-34-31-48(32-35-54)47-18-8-4-9-19-47)46(3)29-30-50-43-63(51-20-10-5-11-21-51,52-22-12-6-13-23-52)60-27-17-16-26-57(50)60/h4-14,17-20,22,24,27,29,31,33-34,36,38-39,44-45,49-52,58-59,61-62H,15-16,21,23,25-26,28,30,32,35,37,40-43H2,1-3H3/b46-29+. The van der Waals surface area contributed by atoms with Gasteiger partial charge in [0.05, 0.1) is 6.04 Å². The van der Waals surface area contributed by atoms with Crippen molar-refractivity contribution < 1.29 is 0 Å². The largest absolute Gasteiger partial charge is 0.365 e. The number of hydrogen-bond acceptors (Lipinski definition) is 2. The maximum Gasteiger partial charge on any atom is 0.0505 e. The van der Waals surface area contributed by atoms with E-state index < -0.39 is 0 Å². The summed E-state index contributed by atoms with van der Waals surface area (Å²) < 4.78 is 0. The zero-order chi connectivity index (χ0) is 43.9. The lowest BCUT2D eigenvalue weighted by Crippen LogP contribution is -2.39. The molecule has 2 fully saturated rings. The lowest BCUT2D eigenvalue weighted by atomic mass is 9.58.